The molecule has 3 amide bonds. The van der Waals surface area contributed by atoms with Crippen LogP contribution in [0, 0.1) is 11.3 Å². The number of amides is 3. The summed E-state index contributed by atoms with van der Waals surface area (Å²) in [6.45, 7) is -0.544. The normalized spacial score (nSPS) is 9.69. The molecule has 0 saturated heterocycles. The zero-order valence-corrected chi connectivity index (χ0v) is 14.0. The molecule has 0 unspecified atom stereocenters. The number of nitrogens with two attached hydrogens (primary N) is 1. The van der Waals surface area contributed by atoms with Crippen LogP contribution in [0.3, 0.4) is 0 Å². The summed E-state index contributed by atoms with van der Waals surface area (Å²) in [5, 5.41) is 14.2. The number of hydrogen-bond donors (Lipinski definition) is 3. The summed E-state index contributed by atoms with van der Waals surface area (Å²) in [7, 11) is 0. The van der Waals surface area contributed by atoms with E-state index in [0.29, 0.717) is 10.7 Å². The first-order chi connectivity index (χ1) is 12.4. The summed E-state index contributed by atoms with van der Waals surface area (Å²) >= 11 is 5.83. The minimum atomic E-state index is -0.727. The number of nitrogens with zero attached hydrogens (tertiary/aromatic N) is 1. The first-order valence-electron chi connectivity index (χ1n) is 7.22. The average Bonchev–Trinajstić information content (AvgIpc) is 2.60. The number of ether oxygens (including phenoxy) is 1. The molecule has 2 aromatic carbocycles. The Bertz CT molecular complexity index is 891. The fourth-order valence-corrected chi connectivity index (χ4v) is 2.12. The van der Waals surface area contributed by atoms with Crippen molar-refractivity contribution in [1.82, 2.24) is 0 Å². The van der Waals surface area contributed by atoms with Crippen LogP contribution in [-0.2, 0) is 9.53 Å². The highest BCUT2D eigenvalue weighted by Crippen LogP contribution is 2.20. The van der Waals surface area contributed by atoms with Gasteiger partial charge in [-0.2, -0.15) is 5.26 Å². The quantitative estimate of drug-likeness (QED) is 0.693. The van der Waals surface area contributed by atoms with E-state index in [4.69, 9.17) is 27.3 Å². The number of urea groups is 1. The van der Waals surface area contributed by atoms with E-state index in [-0.39, 0.29) is 16.8 Å². The number of carbonyl (C=O) groups is 3. The Morgan fingerprint density at radius 2 is 1.81 bits per heavy atom. The predicted molar refractivity (Wildman–Crippen MR) is 94.7 cm³/mol. The van der Waals surface area contributed by atoms with Gasteiger partial charge in [0.25, 0.3) is 5.91 Å². The third-order valence-corrected chi connectivity index (χ3v) is 3.33. The smallest absolute Gasteiger partial charge is 0.338 e. The van der Waals surface area contributed by atoms with Gasteiger partial charge in [-0.1, -0.05) is 11.6 Å². The fraction of sp³-hybridized carbons (Fsp3) is 0.0588. The highest BCUT2D eigenvalue weighted by atomic mass is 35.5. The monoisotopic (exact) mass is 372 g/mol. The number of anilines is 2. The van der Waals surface area contributed by atoms with E-state index < -0.39 is 24.5 Å². The topological polar surface area (TPSA) is 134 Å². The maximum atomic E-state index is 11.9. The third-order valence-electron chi connectivity index (χ3n) is 3.10. The Balaban J connectivity index is 1.93. The number of carbonyl (C=O) groups excluding carboxylic acids is 3. The molecular formula is C17H13ClN4O4. The molecule has 132 valence electrons. The standard InChI is InChI=1S/C17H13ClN4O4/c18-12-4-1-11(8-19)14(7-12)22-15(23)9-26-16(24)10-2-5-13(6-3-10)21-17(20)25/h1-7H,9H2,(H,22,23)(H3,20,21,25). The SMILES string of the molecule is N#Cc1ccc(Cl)cc1NC(=O)COC(=O)c1ccc(NC(N)=O)cc1. The van der Waals surface area contributed by atoms with Gasteiger partial charge in [0.1, 0.15) is 6.07 Å². The molecule has 0 atom stereocenters. The average molecular weight is 373 g/mol. The highest BCUT2D eigenvalue weighted by molar-refractivity contribution is 6.31. The lowest BCUT2D eigenvalue weighted by atomic mass is 10.2. The van der Waals surface area contributed by atoms with Gasteiger partial charge in [0.2, 0.25) is 0 Å². The molecule has 9 heteroatoms. The van der Waals surface area contributed by atoms with Gasteiger partial charge in [0, 0.05) is 10.7 Å². The summed E-state index contributed by atoms with van der Waals surface area (Å²) in [5.74, 6) is -1.35. The molecule has 0 aliphatic rings. The molecule has 0 heterocycles. The van der Waals surface area contributed by atoms with Crippen LogP contribution in [0.25, 0.3) is 0 Å². The van der Waals surface area contributed by atoms with Crippen molar-refractivity contribution in [3.8, 4) is 6.07 Å². The predicted octanol–water partition coefficient (Wildman–Crippen LogP) is 2.50. The molecule has 0 aliphatic heterocycles. The molecule has 0 radical (unpaired) electrons. The van der Waals surface area contributed by atoms with E-state index in [9.17, 15) is 14.4 Å². The van der Waals surface area contributed by atoms with E-state index in [1.165, 1.54) is 42.5 Å². The zero-order valence-electron chi connectivity index (χ0n) is 13.3. The second kappa shape index (κ2) is 8.50. The van der Waals surface area contributed by atoms with Crippen molar-refractivity contribution >= 4 is 40.9 Å². The number of esters is 1. The second-order valence-electron chi connectivity index (χ2n) is 4.99. The van der Waals surface area contributed by atoms with Gasteiger partial charge in [-0.15, -0.1) is 0 Å². The van der Waals surface area contributed by atoms with Crippen LogP contribution < -0.4 is 16.4 Å². The number of rotatable bonds is 5. The number of hydrogen-bond acceptors (Lipinski definition) is 5. The van der Waals surface area contributed by atoms with E-state index >= 15 is 0 Å². The van der Waals surface area contributed by atoms with Gasteiger partial charge in [-0.25, -0.2) is 9.59 Å². The van der Waals surface area contributed by atoms with Crippen LogP contribution in [0.5, 0.6) is 0 Å². The first kappa shape index (κ1) is 18.8. The summed E-state index contributed by atoms with van der Waals surface area (Å²) in [5.41, 5.74) is 6.04. The zero-order chi connectivity index (χ0) is 19.1. The Labute approximate surface area is 153 Å². The van der Waals surface area contributed by atoms with Gasteiger partial charge in [0.15, 0.2) is 6.61 Å². The Kier molecular flexibility index (Phi) is 6.14. The van der Waals surface area contributed by atoms with Crippen LogP contribution in [0.15, 0.2) is 42.5 Å². The summed E-state index contributed by atoms with van der Waals surface area (Å²) in [4.78, 5) is 34.6. The summed E-state index contributed by atoms with van der Waals surface area (Å²) in [6.07, 6.45) is 0. The van der Waals surface area contributed by atoms with Crippen LogP contribution in [0.1, 0.15) is 15.9 Å². The van der Waals surface area contributed by atoms with Gasteiger partial charge >= 0.3 is 12.0 Å². The first-order valence-corrected chi connectivity index (χ1v) is 7.60. The van der Waals surface area contributed by atoms with Crippen molar-refractivity contribution in [2.24, 2.45) is 5.73 Å². The molecule has 0 saturated carbocycles. The number of nitriles is 1. The molecule has 8 nitrogen and oxygen atoms in total. The molecule has 26 heavy (non-hydrogen) atoms. The maximum absolute atomic E-state index is 11.9. The second-order valence-corrected chi connectivity index (χ2v) is 5.43. The molecular weight excluding hydrogens is 360 g/mol. The molecule has 4 N–H and O–H groups in total. The Morgan fingerprint density at radius 3 is 2.42 bits per heavy atom. The van der Waals surface area contributed by atoms with Crippen molar-refractivity contribution < 1.29 is 19.1 Å². The summed E-state index contributed by atoms with van der Waals surface area (Å²) < 4.78 is 4.91. The molecule has 0 fully saturated rings. The van der Waals surface area contributed by atoms with E-state index in [1.807, 2.05) is 6.07 Å². The van der Waals surface area contributed by atoms with Crippen molar-refractivity contribution in [3.05, 3.63) is 58.6 Å². The minimum absolute atomic E-state index is 0.188. The Morgan fingerprint density at radius 1 is 1.12 bits per heavy atom. The van der Waals surface area contributed by atoms with Crippen molar-refractivity contribution in [2.45, 2.75) is 0 Å². The number of nitrogens with one attached hydrogen (secondary N) is 2. The van der Waals surface area contributed by atoms with Crippen LogP contribution in [-0.4, -0.2) is 24.5 Å². The van der Waals surface area contributed by atoms with Crippen molar-refractivity contribution in [1.29, 1.82) is 5.26 Å². The number of halogens is 1. The van der Waals surface area contributed by atoms with E-state index in [0.717, 1.165) is 0 Å². The minimum Gasteiger partial charge on any atom is -0.452 e. The van der Waals surface area contributed by atoms with Crippen LogP contribution >= 0.6 is 11.6 Å². The molecule has 2 aromatic rings. The molecule has 0 bridgehead atoms. The van der Waals surface area contributed by atoms with Gasteiger partial charge < -0.3 is 21.1 Å². The van der Waals surface area contributed by atoms with Crippen LogP contribution in [0.4, 0.5) is 16.2 Å². The number of benzene rings is 2. The summed E-state index contributed by atoms with van der Waals surface area (Å²) in [6, 6.07) is 11.4. The molecule has 0 spiro atoms. The van der Waals surface area contributed by atoms with Gasteiger partial charge in [-0.3, -0.25) is 4.79 Å². The highest BCUT2D eigenvalue weighted by Gasteiger charge is 2.12. The van der Waals surface area contributed by atoms with Crippen LogP contribution in [0.2, 0.25) is 5.02 Å². The third kappa shape index (κ3) is 5.22. The lowest BCUT2D eigenvalue weighted by molar-refractivity contribution is -0.119. The molecule has 0 aromatic heterocycles. The van der Waals surface area contributed by atoms with Crippen molar-refractivity contribution in [3.63, 3.8) is 0 Å². The van der Waals surface area contributed by atoms with Gasteiger partial charge in [0.05, 0.1) is 16.8 Å². The lowest BCUT2D eigenvalue weighted by Crippen LogP contribution is -2.21. The van der Waals surface area contributed by atoms with Gasteiger partial charge in [-0.05, 0) is 42.5 Å². The van der Waals surface area contributed by atoms with E-state index in [1.54, 1.807) is 0 Å². The number of primary amides is 1. The Hall–Kier alpha value is -3.57. The molecule has 2 rings (SSSR count). The lowest BCUT2D eigenvalue weighted by Gasteiger charge is -2.09. The van der Waals surface area contributed by atoms with Crippen molar-refractivity contribution in [2.75, 3.05) is 17.2 Å². The fourth-order valence-electron chi connectivity index (χ4n) is 1.95. The maximum Gasteiger partial charge on any atom is 0.338 e. The van der Waals surface area contributed by atoms with E-state index in [2.05, 4.69) is 10.6 Å². The largest absolute Gasteiger partial charge is 0.452 e. The molecule has 0 aliphatic carbocycles.